The minimum atomic E-state index is -0.339. The lowest BCUT2D eigenvalue weighted by atomic mass is 10.2. The van der Waals surface area contributed by atoms with Crippen LogP contribution in [0.25, 0.3) is 0 Å². The summed E-state index contributed by atoms with van der Waals surface area (Å²) in [5.74, 6) is 0.372. The van der Waals surface area contributed by atoms with Crippen molar-refractivity contribution in [2.24, 2.45) is 0 Å². The van der Waals surface area contributed by atoms with E-state index in [1.165, 1.54) is 7.11 Å². The van der Waals surface area contributed by atoms with Gasteiger partial charge in [-0.2, -0.15) is 0 Å². The second kappa shape index (κ2) is 6.66. The topological polar surface area (TPSA) is 35.5 Å². The molecule has 0 radical (unpaired) electrons. The smallest absolute Gasteiger partial charge is 0.337 e. The van der Waals surface area contributed by atoms with Gasteiger partial charge in [0.1, 0.15) is 5.75 Å². The highest BCUT2D eigenvalue weighted by molar-refractivity contribution is 14.1. The van der Waals surface area contributed by atoms with Crippen molar-refractivity contribution in [2.45, 2.75) is 6.42 Å². The molecule has 4 heteroatoms. The summed E-state index contributed by atoms with van der Waals surface area (Å²) in [5, 5.41) is 0. The molecule has 0 aliphatic heterocycles. The summed E-state index contributed by atoms with van der Waals surface area (Å²) in [6, 6.07) is 7.02. The van der Waals surface area contributed by atoms with Crippen molar-refractivity contribution in [3.8, 4) is 5.75 Å². The van der Waals surface area contributed by atoms with E-state index < -0.39 is 0 Å². The maximum atomic E-state index is 11.2. The van der Waals surface area contributed by atoms with Crippen LogP contribution in [0.2, 0.25) is 0 Å². The molecule has 1 aromatic rings. The van der Waals surface area contributed by atoms with E-state index in [9.17, 15) is 4.79 Å². The number of rotatable bonds is 5. The molecule has 0 N–H and O–H groups in total. The number of halogens is 1. The SMILES string of the molecule is COC(=O)c1cccc(OCCCI)c1. The normalized spacial score (nSPS) is 9.73. The molecule has 0 bridgehead atoms. The highest BCUT2D eigenvalue weighted by Gasteiger charge is 2.05. The van der Waals surface area contributed by atoms with Crippen molar-refractivity contribution in [2.75, 3.05) is 18.1 Å². The minimum absolute atomic E-state index is 0.339. The Bertz CT molecular complexity index is 325. The van der Waals surface area contributed by atoms with Gasteiger partial charge < -0.3 is 9.47 Å². The summed E-state index contributed by atoms with van der Waals surface area (Å²) in [6.45, 7) is 0.674. The standard InChI is InChI=1S/C11H13IO3/c1-14-11(13)9-4-2-5-10(8-9)15-7-3-6-12/h2,4-5,8H,3,6-7H2,1H3. The van der Waals surface area contributed by atoms with Gasteiger partial charge in [0.15, 0.2) is 0 Å². The monoisotopic (exact) mass is 320 g/mol. The molecular formula is C11H13IO3. The first-order valence-corrected chi connectivity index (χ1v) is 6.17. The lowest BCUT2D eigenvalue weighted by Gasteiger charge is -2.06. The summed E-state index contributed by atoms with van der Waals surface area (Å²) < 4.78 is 11.2. The van der Waals surface area contributed by atoms with E-state index in [-0.39, 0.29) is 5.97 Å². The van der Waals surface area contributed by atoms with Gasteiger partial charge in [-0.1, -0.05) is 28.7 Å². The third kappa shape index (κ3) is 4.07. The molecule has 0 aromatic heterocycles. The summed E-state index contributed by atoms with van der Waals surface area (Å²) in [4.78, 5) is 11.2. The Labute approximate surface area is 103 Å². The molecule has 82 valence electrons. The van der Waals surface area contributed by atoms with Crippen LogP contribution >= 0.6 is 22.6 Å². The van der Waals surface area contributed by atoms with Crippen molar-refractivity contribution < 1.29 is 14.3 Å². The highest BCUT2D eigenvalue weighted by Crippen LogP contribution is 2.14. The fourth-order valence-electron chi connectivity index (χ4n) is 1.08. The molecule has 0 aliphatic carbocycles. The number of benzene rings is 1. The van der Waals surface area contributed by atoms with Crippen LogP contribution in [-0.4, -0.2) is 24.1 Å². The largest absolute Gasteiger partial charge is 0.494 e. The highest BCUT2D eigenvalue weighted by atomic mass is 127. The first kappa shape index (κ1) is 12.3. The molecule has 3 nitrogen and oxygen atoms in total. The van der Waals surface area contributed by atoms with Crippen LogP contribution in [-0.2, 0) is 4.74 Å². The van der Waals surface area contributed by atoms with E-state index in [0.717, 1.165) is 10.8 Å². The van der Waals surface area contributed by atoms with E-state index in [1.54, 1.807) is 18.2 Å². The predicted octanol–water partition coefficient (Wildman–Crippen LogP) is 2.68. The van der Waals surface area contributed by atoms with Crippen LogP contribution in [0.15, 0.2) is 24.3 Å². The van der Waals surface area contributed by atoms with Crippen LogP contribution in [0.5, 0.6) is 5.75 Å². The zero-order chi connectivity index (χ0) is 11.1. The molecule has 0 saturated heterocycles. The Morgan fingerprint density at radius 1 is 1.47 bits per heavy atom. The van der Waals surface area contributed by atoms with Gasteiger partial charge in [0, 0.05) is 4.43 Å². The minimum Gasteiger partial charge on any atom is -0.494 e. The summed E-state index contributed by atoms with van der Waals surface area (Å²) in [6.07, 6.45) is 1.00. The number of hydrogen-bond donors (Lipinski definition) is 0. The molecule has 0 heterocycles. The lowest BCUT2D eigenvalue weighted by molar-refractivity contribution is 0.0600. The molecule has 0 saturated carbocycles. The Morgan fingerprint density at radius 3 is 2.93 bits per heavy atom. The Balaban J connectivity index is 2.62. The third-order valence-corrected chi connectivity index (χ3v) is 2.56. The maximum absolute atomic E-state index is 11.2. The van der Waals surface area contributed by atoms with Crippen molar-refractivity contribution in [3.63, 3.8) is 0 Å². The third-order valence-electron chi connectivity index (χ3n) is 1.80. The van der Waals surface area contributed by atoms with Gasteiger partial charge >= 0.3 is 5.97 Å². The van der Waals surface area contributed by atoms with Crippen molar-refractivity contribution in [1.82, 2.24) is 0 Å². The van der Waals surface area contributed by atoms with Crippen molar-refractivity contribution >= 4 is 28.6 Å². The average molecular weight is 320 g/mol. The lowest BCUT2D eigenvalue weighted by Crippen LogP contribution is -2.02. The quantitative estimate of drug-likeness (QED) is 0.362. The number of carbonyl (C=O) groups is 1. The Morgan fingerprint density at radius 2 is 2.27 bits per heavy atom. The fourth-order valence-corrected chi connectivity index (χ4v) is 1.39. The zero-order valence-electron chi connectivity index (χ0n) is 8.53. The number of hydrogen-bond acceptors (Lipinski definition) is 3. The van der Waals surface area contributed by atoms with Crippen LogP contribution in [0, 0.1) is 0 Å². The van der Waals surface area contributed by atoms with Gasteiger partial charge in [0.25, 0.3) is 0 Å². The molecule has 15 heavy (non-hydrogen) atoms. The summed E-state index contributed by atoms with van der Waals surface area (Å²) in [5.41, 5.74) is 0.518. The fraction of sp³-hybridized carbons (Fsp3) is 0.364. The molecule has 0 amide bonds. The first-order chi connectivity index (χ1) is 7.27. The Hall–Kier alpha value is -0.780. The first-order valence-electron chi connectivity index (χ1n) is 4.65. The molecule has 0 spiro atoms. The van der Waals surface area contributed by atoms with Crippen LogP contribution in [0.3, 0.4) is 0 Å². The van der Waals surface area contributed by atoms with Gasteiger partial charge in [-0.25, -0.2) is 4.79 Å². The second-order valence-electron chi connectivity index (χ2n) is 2.91. The van der Waals surface area contributed by atoms with Gasteiger partial charge in [0.2, 0.25) is 0 Å². The predicted molar refractivity (Wildman–Crippen MR) is 66.8 cm³/mol. The van der Waals surface area contributed by atoms with Crippen molar-refractivity contribution in [3.05, 3.63) is 29.8 Å². The van der Waals surface area contributed by atoms with Crippen LogP contribution < -0.4 is 4.74 Å². The van der Waals surface area contributed by atoms with Crippen LogP contribution in [0.4, 0.5) is 0 Å². The van der Waals surface area contributed by atoms with Gasteiger partial charge in [-0.05, 0) is 24.6 Å². The van der Waals surface area contributed by atoms with E-state index >= 15 is 0 Å². The number of esters is 1. The molecule has 1 rings (SSSR count). The van der Waals surface area contributed by atoms with E-state index in [4.69, 9.17) is 4.74 Å². The zero-order valence-corrected chi connectivity index (χ0v) is 10.7. The number of alkyl halides is 1. The van der Waals surface area contributed by atoms with Gasteiger partial charge in [-0.3, -0.25) is 0 Å². The molecule has 1 aromatic carbocycles. The van der Waals surface area contributed by atoms with E-state index in [2.05, 4.69) is 27.3 Å². The number of ether oxygens (including phenoxy) is 2. The molecule has 0 unspecified atom stereocenters. The average Bonchev–Trinajstić information content (AvgIpc) is 2.29. The molecule has 0 fully saturated rings. The van der Waals surface area contributed by atoms with Crippen molar-refractivity contribution in [1.29, 1.82) is 0 Å². The van der Waals surface area contributed by atoms with E-state index in [0.29, 0.717) is 17.9 Å². The Kier molecular flexibility index (Phi) is 5.45. The number of carbonyl (C=O) groups excluding carboxylic acids is 1. The van der Waals surface area contributed by atoms with Gasteiger partial charge in [0.05, 0.1) is 19.3 Å². The second-order valence-corrected chi connectivity index (χ2v) is 3.99. The number of methoxy groups -OCH3 is 1. The molecule has 0 atom stereocenters. The maximum Gasteiger partial charge on any atom is 0.337 e. The van der Waals surface area contributed by atoms with Crippen LogP contribution in [0.1, 0.15) is 16.8 Å². The molecule has 0 aliphatic rings. The summed E-state index contributed by atoms with van der Waals surface area (Å²) >= 11 is 2.30. The summed E-state index contributed by atoms with van der Waals surface area (Å²) in [7, 11) is 1.37. The van der Waals surface area contributed by atoms with Gasteiger partial charge in [-0.15, -0.1) is 0 Å². The van der Waals surface area contributed by atoms with E-state index in [1.807, 2.05) is 6.07 Å². The molecular weight excluding hydrogens is 307 g/mol.